The van der Waals surface area contributed by atoms with Gasteiger partial charge in [-0.2, -0.15) is 0 Å². The van der Waals surface area contributed by atoms with Crippen LogP contribution in [0.1, 0.15) is 46.9 Å². The molecular weight excluding hydrogens is 376 g/mol. The smallest absolute Gasteiger partial charge is 0.254 e. The predicted octanol–water partition coefficient (Wildman–Crippen LogP) is 3.68. The highest BCUT2D eigenvalue weighted by atomic mass is 16.2. The van der Waals surface area contributed by atoms with Gasteiger partial charge >= 0.3 is 0 Å². The summed E-state index contributed by atoms with van der Waals surface area (Å²) in [5.41, 5.74) is 4.61. The topological polar surface area (TPSA) is 75.1 Å². The van der Waals surface area contributed by atoms with Gasteiger partial charge in [0.1, 0.15) is 0 Å². The number of likely N-dealkylation sites (tertiary alicyclic amines) is 1. The predicted molar refractivity (Wildman–Crippen MR) is 116 cm³/mol. The van der Waals surface area contributed by atoms with Crippen LogP contribution in [-0.2, 0) is 0 Å². The van der Waals surface area contributed by atoms with Crippen molar-refractivity contribution < 1.29 is 4.79 Å². The van der Waals surface area contributed by atoms with E-state index in [1.165, 1.54) is 0 Å². The molecular formula is C23H26N6O. The molecule has 7 nitrogen and oxygen atoms in total. The molecule has 0 saturated carbocycles. The van der Waals surface area contributed by atoms with Crippen molar-refractivity contribution in [2.45, 2.75) is 32.2 Å². The Morgan fingerprint density at radius 1 is 1.03 bits per heavy atom. The van der Waals surface area contributed by atoms with Gasteiger partial charge in [0.25, 0.3) is 5.91 Å². The SMILES string of the molecule is Cc1cnccc1-c1cnc(N(C)C)nc1[C@H]1CCCCN1C(=O)c1ccncc1. The Labute approximate surface area is 176 Å². The highest BCUT2D eigenvalue weighted by molar-refractivity contribution is 5.94. The molecule has 1 saturated heterocycles. The minimum atomic E-state index is -0.108. The van der Waals surface area contributed by atoms with Gasteiger partial charge in [0.2, 0.25) is 5.95 Å². The quantitative estimate of drug-likeness (QED) is 0.663. The van der Waals surface area contributed by atoms with E-state index in [0.29, 0.717) is 18.1 Å². The number of carbonyl (C=O) groups excluding carboxylic acids is 1. The molecule has 0 unspecified atom stereocenters. The summed E-state index contributed by atoms with van der Waals surface area (Å²) in [4.78, 5) is 35.0. The second kappa shape index (κ2) is 8.57. The molecule has 4 rings (SSSR count). The summed E-state index contributed by atoms with van der Waals surface area (Å²) in [7, 11) is 3.86. The summed E-state index contributed by atoms with van der Waals surface area (Å²) in [6, 6.07) is 5.43. The lowest BCUT2D eigenvalue weighted by atomic mass is 9.92. The van der Waals surface area contributed by atoms with Crippen molar-refractivity contribution in [1.29, 1.82) is 0 Å². The van der Waals surface area contributed by atoms with E-state index in [0.717, 1.165) is 41.6 Å². The lowest BCUT2D eigenvalue weighted by Gasteiger charge is -2.36. The number of nitrogens with zero attached hydrogens (tertiary/aromatic N) is 6. The first kappa shape index (κ1) is 19.9. The van der Waals surface area contributed by atoms with Gasteiger partial charge in [-0.1, -0.05) is 0 Å². The molecule has 0 radical (unpaired) electrons. The molecule has 0 N–H and O–H groups in total. The van der Waals surface area contributed by atoms with E-state index < -0.39 is 0 Å². The molecule has 4 heterocycles. The Morgan fingerprint density at radius 2 is 1.80 bits per heavy atom. The summed E-state index contributed by atoms with van der Waals surface area (Å²) in [5.74, 6) is 0.659. The number of hydrogen-bond donors (Lipinski definition) is 0. The normalized spacial score (nSPS) is 16.4. The Bertz CT molecular complexity index is 1040. The Hall–Kier alpha value is -3.35. The van der Waals surface area contributed by atoms with Crippen molar-refractivity contribution in [3.05, 3.63) is 66.0 Å². The van der Waals surface area contributed by atoms with Crippen LogP contribution in [0.15, 0.2) is 49.2 Å². The number of rotatable bonds is 4. The van der Waals surface area contributed by atoms with E-state index in [9.17, 15) is 4.79 Å². The minimum absolute atomic E-state index is 0.0181. The van der Waals surface area contributed by atoms with E-state index in [1.807, 2.05) is 49.3 Å². The largest absolute Gasteiger partial charge is 0.347 e. The van der Waals surface area contributed by atoms with Crippen LogP contribution in [0.3, 0.4) is 0 Å². The molecule has 3 aromatic heterocycles. The summed E-state index contributed by atoms with van der Waals surface area (Å²) < 4.78 is 0. The third-order valence-electron chi connectivity index (χ3n) is 5.52. The zero-order valence-corrected chi connectivity index (χ0v) is 17.6. The summed E-state index contributed by atoms with van der Waals surface area (Å²) >= 11 is 0. The highest BCUT2D eigenvalue weighted by Gasteiger charge is 2.32. The van der Waals surface area contributed by atoms with Gasteiger partial charge in [-0.3, -0.25) is 14.8 Å². The molecule has 0 spiro atoms. The highest BCUT2D eigenvalue weighted by Crippen LogP contribution is 2.37. The van der Waals surface area contributed by atoms with Crippen molar-refractivity contribution in [1.82, 2.24) is 24.8 Å². The Kier molecular flexibility index (Phi) is 5.70. The van der Waals surface area contributed by atoms with Crippen LogP contribution >= 0.6 is 0 Å². The Morgan fingerprint density at radius 3 is 2.53 bits per heavy atom. The van der Waals surface area contributed by atoms with E-state index >= 15 is 0 Å². The molecule has 1 atom stereocenters. The number of piperidine rings is 1. The standard InChI is InChI=1S/C23H26N6O/c1-16-14-25-12-9-18(16)19-15-26-23(28(2)3)27-21(19)20-6-4-5-13-29(20)22(30)17-7-10-24-11-8-17/h7-12,14-15,20H,4-6,13H2,1-3H3/t20-/m1/s1. The van der Waals surface area contributed by atoms with Crippen molar-refractivity contribution in [3.8, 4) is 11.1 Å². The van der Waals surface area contributed by atoms with Gasteiger partial charge in [0.15, 0.2) is 0 Å². The average molecular weight is 403 g/mol. The van der Waals surface area contributed by atoms with Crippen LogP contribution in [0.2, 0.25) is 0 Å². The van der Waals surface area contributed by atoms with E-state index in [2.05, 4.69) is 15.0 Å². The maximum absolute atomic E-state index is 13.4. The molecule has 154 valence electrons. The number of hydrogen-bond acceptors (Lipinski definition) is 6. The molecule has 0 aromatic carbocycles. The number of amides is 1. The number of pyridine rings is 2. The lowest BCUT2D eigenvalue weighted by Crippen LogP contribution is -2.39. The van der Waals surface area contributed by atoms with Crippen LogP contribution in [0.5, 0.6) is 0 Å². The molecule has 30 heavy (non-hydrogen) atoms. The molecule has 3 aromatic rings. The fraction of sp³-hybridized carbons (Fsp3) is 0.348. The van der Waals surface area contributed by atoms with E-state index in [-0.39, 0.29) is 11.9 Å². The molecule has 0 aliphatic carbocycles. The van der Waals surface area contributed by atoms with Crippen molar-refractivity contribution in [2.75, 3.05) is 25.5 Å². The van der Waals surface area contributed by atoms with Crippen molar-refractivity contribution >= 4 is 11.9 Å². The van der Waals surface area contributed by atoms with Crippen LogP contribution < -0.4 is 4.90 Å². The number of aromatic nitrogens is 4. The van der Waals surface area contributed by atoms with Gasteiger partial charge in [0, 0.05) is 62.8 Å². The minimum Gasteiger partial charge on any atom is -0.347 e. The van der Waals surface area contributed by atoms with E-state index in [1.54, 1.807) is 30.7 Å². The maximum atomic E-state index is 13.4. The first-order chi connectivity index (χ1) is 14.6. The third kappa shape index (κ3) is 3.87. The number of carbonyl (C=O) groups is 1. The van der Waals surface area contributed by atoms with Gasteiger partial charge < -0.3 is 9.80 Å². The Balaban J connectivity index is 1.82. The first-order valence-electron chi connectivity index (χ1n) is 10.2. The van der Waals surface area contributed by atoms with Crippen LogP contribution in [0, 0.1) is 6.92 Å². The second-order valence-corrected chi connectivity index (χ2v) is 7.80. The number of aryl methyl sites for hydroxylation is 1. The lowest BCUT2D eigenvalue weighted by molar-refractivity contribution is 0.0606. The molecule has 1 amide bonds. The van der Waals surface area contributed by atoms with E-state index in [4.69, 9.17) is 4.98 Å². The second-order valence-electron chi connectivity index (χ2n) is 7.80. The average Bonchev–Trinajstić information content (AvgIpc) is 2.79. The molecule has 7 heteroatoms. The summed E-state index contributed by atoms with van der Waals surface area (Å²) in [6.07, 6.45) is 11.7. The van der Waals surface area contributed by atoms with Crippen molar-refractivity contribution in [3.63, 3.8) is 0 Å². The zero-order chi connectivity index (χ0) is 21.1. The van der Waals surface area contributed by atoms with Crippen LogP contribution in [0.25, 0.3) is 11.1 Å². The number of anilines is 1. The van der Waals surface area contributed by atoms with Gasteiger partial charge in [-0.05, 0) is 55.5 Å². The monoisotopic (exact) mass is 402 g/mol. The first-order valence-corrected chi connectivity index (χ1v) is 10.2. The van der Waals surface area contributed by atoms with Crippen LogP contribution in [0.4, 0.5) is 5.95 Å². The fourth-order valence-corrected chi connectivity index (χ4v) is 3.96. The summed E-state index contributed by atoms with van der Waals surface area (Å²) in [5, 5.41) is 0. The van der Waals surface area contributed by atoms with Gasteiger partial charge in [-0.25, -0.2) is 9.97 Å². The molecule has 1 aliphatic heterocycles. The molecule has 1 fully saturated rings. The molecule has 1 aliphatic rings. The van der Waals surface area contributed by atoms with Crippen molar-refractivity contribution in [2.24, 2.45) is 0 Å². The maximum Gasteiger partial charge on any atom is 0.254 e. The zero-order valence-electron chi connectivity index (χ0n) is 17.6. The third-order valence-corrected chi connectivity index (χ3v) is 5.52. The van der Waals surface area contributed by atoms with Gasteiger partial charge in [-0.15, -0.1) is 0 Å². The van der Waals surface area contributed by atoms with Gasteiger partial charge in [0.05, 0.1) is 11.7 Å². The fourth-order valence-electron chi connectivity index (χ4n) is 3.96. The molecule has 0 bridgehead atoms. The summed E-state index contributed by atoms with van der Waals surface area (Å²) in [6.45, 7) is 2.74. The van der Waals surface area contributed by atoms with Crippen LogP contribution in [-0.4, -0.2) is 51.4 Å².